The van der Waals surface area contributed by atoms with Gasteiger partial charge in [-0.15, -0.1) is 0 Å². The minimum Gasteiger partial charge on any atom is -0.497 e. The number of carbonyl (C=O) groups excluding carboxylic acids is 2. The number of methoxy groups -OCH3 is 1. The van der Waals surface area contributed by atoms with Crippen molar-refractivity contribution in [2.75, 3.05) is 13.7 Å². The smallest absolute Gasteiger partial charge is 0.335 e. The molecule has 1 aliphatic heterocycles. The van der Waals surface area contributed by atoms with Crippen molar-refractivity contribution in [3.05, 3.63) is 65.2 Å². The molecule has 2 aromatic rings. The van der Waals surface area contributed by atoms with E-state index in [0.717, 1.165) is 11.3 Å². The molecule has 1 fully saturated rings. The van der Waals surface area contributed by atoms with Crippen molar-refractivity contribution < 1.29 is 24.2 Å². The topological polar surface area (TPSA) is 95.9 Å². The van der Waals surface area contributed by atoms with Crippen LogP contribution >= 0.6 is 0 Å². The lowest BCUT2D eigenvalue weighted by Gasteiger charge is -2.17. The van der Waals surface area contributed by atoms with Gasteiger partial charge in [0, 0.05) is 26.1 Å². The number of hydrogen-bond acceptors (Lipinski definition) is 4. The fraction of sp³-hybridized carbons (Fsp3) is 0.286. The third kappa shape index (κ3) is 4.68. The summed E-state index contributed by atoms with van der Waals surface area (Å²) in [5.41, 5.74) is 1.85. The molecule has 3 rings (SSSR count). The van der Waals surface area contributed by atoms with Gasteiger partial charge in [0.25, 0.3) is 0 Å². The predicted molar refractivity (Wildman–Crippen MR) is 102 cm³/mol. The van der Waals surface area contributed by atoms with Gasteiger partial charge in [-0.05, 0) is 35.4 Å². The Balaban J connectivity index is 1.54. The molecule has 0 bridgehead atoms. The van der Waals surface area contributed by atoms with Crippen molar-refractivity contribution in [3.63, 3.8) is 0 Å². The second kappa shape index (κ2) is 8.56. The number of nitrogens with zero attached hydrogens (tertiary/aromatic N) is 1. The highest BCUT2D eigenvalue weighted by Gasteiger charge is 2.34. The van der Waals surface area contributed by atoms with E-state index in [1.165, 1.54) is 12.1 Å². The molecule has 28 heavy (non-hydrogen) atoms. The van der Waals surface area contributed by atoms with Crippen LogP contribution in [0.1, 0.15) is 27.9 Å². The van der Waals surface area contributed by atoms with Gasteiger partial charge in [-0.3, -0.25) is 9.59 Å². The molecule has 1 aliphatic rings. The van der Waals surface area contributed by atoms with Gasteiger partial charge in [0.05, 0.1) is 18.6 Å². The number of likely N-dealkylation sites (tertiary alicyclic amines) is 1. The summed E-state index contributed by atoms with van der Waals surface area (Å²) in [4.78, 5) is 37.4. The molecular formula is C21H22N2O5. The van der Waals surface area contributed by atoms with Crippen molar-refractivity contribution in [2.24, 2.45) is 5.92 Å². The molecule has 1 heterocycles. The van der Waals surface area contributed by atoms with E-state index in [0.29, 0.717) is 18.7 Å². The maximum Gasteiger partial charge on any atom is 0.335 e. The van der Waals surface area contributed by atoms with Crippen LogP contribution in [0.5, 0.6) is 5.75 Å². The molecule has 1 atom stereocenters. The van der Waals surface area contributed by atoms with Crippen molar-refractivity contribution in [2.45, 2.75) is 19.5 Å². The van der Waals surface area contributed by atoms with Crippen LogP contribution in [-0.4, -0.2) is 41.4 Å². The summed E-state index contributed by atoms with van der Waals surface area (Å²) in [6.45, 7) is 1.04. The van der Waals surface area contributed by atoms with Crippen LogP contribution < -0.4 is 10.1 Å². The summed E-state index contributed by atoms with van der Waals surface area (Å²) in [6.07, 6.45) is 0.178. The summed E-state index contributed by atoms with van der Waals surface area (Å²) in [5.74, 6) is -0.923. The predicted octanol–water partition coefficient (Wildman–Crippen LogP) is 2.06. The molecule has 1 saturated heterocycles. The Morgan fingerprint density at radius 3 is 2.61 bits per heavy atom. The molecule has 146 valence electrons. The van der Waals surface area contributed by atoms with E-state index in [1.54, 1.807) is 24.1 Å². The SMILES string of the molecule is COc1ccc(CN2C[C@H](C(=O)NCc3cccc(C(=O)O)c3)CC2=O)cc1. The molecule has 2 N–H and O–H groups in total. The van der Waals surface area contributed by atoms with Crippen LogP contribution in [0.25, 0.3) is 0 Å². The molecule has 7 heteroatoms. The number of carboxylic acid groups (broad SMARTS) is 1. The Hall–Kier alpha value is -3.35. The lowest BCUT2D eigenvalue weighted by molar-refractivity contribution is -0.129. The number of rotatable bonds is 7. The third-order valence-electron chi connectivity index (χ3n) is 4.76. The fourth-order valence-electron chi connectivity index (χ4n) is 3.20. The number of carboxylic acids is 1. The first-order chi connectivity index (χ1) is 13.5. The molecule has 0 radical (unpaired) electrons. The molecule has 7 nitrogen and oxygen atoms in total. The number of hydrogen-bond donors (Lipinski definition) is 2. The maximum absolute atomic E-state index is 12.4. The fourth-order valence-corrected chi connectivity index (χ4v) is 3.20. The first-order valence-electron chi connectivity index (χ1n) is 8.97. The van der Waals surface area contributed by atoms with Crippen LogP contribution in [0.4, 0.5) is 0 Å². The van der Waals surface area contributed by atoms with Crippen LogP contribution in [0.3, 0.4) is 0 Å². The Morgan fingerprint density at radius 1 is 1.18 bits per heavy atom. The van der Waals surface area contributed by atoms with E-state index < -0.39 is 11.9 Å². The Morgan fingerprint density at radius 2 is 1.93 bits per heavy atom. The Kier molecular flexibility index (Phi) is 5.93. The van der Waals surface area contributed by atoms with Crippen LogP contribution in [0.2, 0.25) is 0 Å². The summed E-state index contributed by atoms with van der Waals surface area (Å²) >= 11 is 0. The quantitative estimate of drug-likeness (QED) is 0.764. The summed E-state index contributed by atoms with van der Waals surface area (Å²) in [6, 6.07) is 13.9. The highest BCUT2D eigenvalue weighted by Crippen LogP contribution is 2.21. The van der Waals surface area contributed by atoms with E-state index in [9.17, 15) is 14.4 Å². The highest BCUT2D eigenvalue weighted by atomic mass is 16.5. The minimum atomic E-state index is -1.01. The molecule has 0 unspecified atom stereocenters. The monoisotopic (exact) mass is 382 g/mol. The zero-order valence-electron chi connectivity index (χ0n) is 15.6. The summed E-state index contributed by atoms with van der Waals surface area (Å²) in [7, 11) is 1.60. The van der Waals surface area contributed by atoms with Crippen molar-refractivity contribution >= 4 is 17.8 Å². The van der Waals surface area contributed by atoms with Crippen LogP contribution in [0, 0.1) is 5.92 Å². The zero-order chi connectivity index (χ0) is 20.1. The molecule has 2 amide bonds. The largest absolute Gasteiger partial charge is 0.497 e. The lowest BCUT2D eigenvalue weighted by atomic mass is 10.1. The molecule has 0 aromatic heterocycles. The van der Waals surface area contributed by atoms with Crippen LogP contribution in [0.15, 0.2) is 48.5 Å². The van der Waals surface area contributed by atoms with Crippen molar-refractivity contribution in [1.29, 1.82) is 0 Å². The van der Waals surface area contributed by atoms with Gasteiger partial charge in [-0.2, -0.15) is 0 Å². The number of nitrogens with one attached hydrogen (secondary N) is 1. The minimum absolute atomic E-state index is 0.0520. The normalized spacial score (nSPS) is 16.1. The van der Waals surface area contributed by atoms with Gasteiger partial charge in [0.2, 0.25) is 11.8 Å². The van der Waals surface area contributed by atoms with E-state index in [-0.39, 0.29) is 30.3 Å². The average molecular weight is 382 g/mol. The van der Waals surface area contributed by atoms with E-state index in [2.05, 4.69) is 5.32 Å². The number of amides is 2. The van der Waals surface area contributed by atoms with E-state index >= 15 is 0 Å². The molecular weight excluding hydrogens is 360 g/mol. The Labute approximate surface area is 162 Å². The average Bonchev–Trinajstić information content (AvgIpc) is 3.07. The molecule has 0 aliphatic carbocycles. The summed E-state index contributed by atoms with van der Waals surface area (Å²) in [5, 5.41) is 11.8. The molecule has 0 saturated carbocycles. The highest BCUT2D eigenvalue weighted by molar-refractivity contribution is 5.89. The van der Waals surface area contributed by atoms with Crippen molar-refractivity contribution in [3.8, 4) is 5.75 Å². The van der Waals surface area contributed by atoms with Gasteiger partial charge in [0.15, 0.2) is 0 Å². The van der Waals surface area contributed by atoms with Gasteiger partial charge < -0.3 is 20.1 Å². The van der Waals surface area contributed by atoms with Gasteiger partial charge in [-0.25, -0.2) is 4.79 Å². The van der Waals surface area contributed by atoms with Gasteiger partial charge >= 0.3 is 5.97 Å². The first kappa shape index (κ1) is 19.4. The third-order valence-corrected chi connectivity index (χ3v) is 4.76. The second-order valence-electron chi connectivity index (χ2n) is 6.75. The number of ether oxygens (including phenoxy) is 1. The van der Waals surface area contributed by atoms with Crippen molar-refractivity contribution in [1.82, 2.24) is 10.2 Å². The van der Waals surface area contributed by atoms with Crippen LogP contribution in [-0.2, 0) is 22.7 Å². The second-order valence-corrected chi connectivity index (χ2v) is 6.75. The molecule has 2 aromatic carbocycles. The first-order valence-corrected chi connectivity index (χ1v) is 8.97. The Bertz CT molecular complexity index is 879. The lowest BCUT2D eigenvalue weighted by Crippen LogP contribution is -2.32. The van der Waals surface area contributed by atoms with E-state index in [1.807, 2.05) is 24.3 Å². The molecule has 0 spiro atoms. The van der Waals surface area contributed by atoms with E-state index in [4.69, 9.17) is 9.84 Å². The van der Waals surface area contributed by atoms with Gasteiger partial charge in [-0.1, -0.05) is 24.3 Å². The maximum atomic E-state index is 12.4. The standard InChI is InChI=1S/C21H22N2O5/c1-28-18-7-5-14(6-8-18)12-23-13-17(10-19(23)24)20(25)22-11-15-3-2-4-16(9-15)21(26)27/h2-9,17H,10-13H2,1H3,(H,22,25)(H,26,27)/t17-/m1/s1. The number of aromatic carboxylic acids is 1. The number of benzene rings is 2. The number of carbonyl (C=O) groups is 3. The summed E-state index contributed by atoms with van der Waals surface area (Å²) < 4.78 is 5.13. The zero-order valence-corrected chi connectivity index (χ0v) is 15.6. The van der Waals surface area contributed by atoms with Gasteiger partial charge in [0.1, 0.15) is 5.75 Å².